The third kappa shape index (κ3) is 6.91. The van der Waals surface area contributed by atoms with Crippen LogP contribution in [0.1, 0.15) is 51.1 Å². The Morgan fingerprint density at radius 1 is 0.781 bits per heavy atom. The van der Waals surface area contributed by atoms with E-state index in [0.717, 1.165) is 23.3 Å². The topological polar surface area (TPSA) is 72.5 Å². The molecule has 1 N–H and O–H groups in total. The average molecular weight is 430 g/mol. The molecule has 3 aromatic rings. The van der Waals surface area contributed by atoms with Crippen LogP contribution in [0.2, 0.25) is 0 Å². The minimum Gasteiger partial charge on any atom is -0.497 e. The van der Waals surface area contributed by atoms with Crippen LogP contribution in [-0.2, 0) is 17.8 Å². The number of carbonyl (C=O) groups excluding carboxylic acids is 3. The van der Waals surface area contributed by atoms with Crippen LogP contribution in [-0.4, -0.2) is 24.6 Å². The van der Waals surface area contributed by atoms with Gasteiger partial charge in [0.1, 0.15) is 11.5 Å². The molecule has 0 aromatic heterocycles. The summed E-state index contributed by atoms with van der Waals surface area (Å²) in [5.41, 5.74) is 3.06. The van der Waals surface area contributed by atoms with Gasteiger partial charge < -0.3 is 10.1 Å². The minimum atomic E-state index is -0.226. The molecule has 0 radical (unpaired) electrons. The molecule has 164 valence electrons. The number of ketones is 2. The van der Waals surface area contributed by atoms with E-state index in [4.69, 9.17) is 4.74 Å². The molecule has 1 amide bonds. The SMILES string of the molecule is COc1ccc(CCCC(=O)CC(=O)c2ccc(C(=O)NCc3ccccc3)cc2)cc1. The summed E-state index contributed by atoms with van der Waals surface area (Å²) in [6, 6.07) is 23.8. The van der Waals surface area contributed by atoms with Gasteiger partial charge in [-0.2, -0.15) is 0 Å². The molecule has 0 spiro atoms. The maximum atomic E-state index is 12.4. The lowest BCUT2D eigenvalue weighted by Gasteiger charge is -2.07. The Labute approximate surface area is 188 Å². The molecule has 0 atom stereocenters. The van der Waals surface area contributed by atoms with E-state index in [9.17, 15) is 14.4 Å². The highest BCUT2D eigenvalue weighted by Gasteiger charge is 2.13. The van der Waals surface area contributed by atoms with Crippen LogP contribution >= 0.6 is 0 Å². The summed E-state index contributed by atoms with van der Waals surface area (Å²) < 4.78 is 5.13. The van der Waals surface area contributed by atoms with Gasteiger partial charge in [-0.15, -0.1) is 0 Å². The predicted molar refractivity (Wildman–Crippen MR) is 124 cm³/mol. The number of ether oxygens (including phenoxy) is 1. The lowest BCUT2D eigenvalue weighted by Crippen LogP contribution is -2.22. The molecular formula is C27H27NO4. The number of benzene rings is 3. The van der Waals surface area contributed by atoms with Crippen LogP contribution in [0.5, 0.6) is 5.75 Å². The van der Waals surface area contributed by atoms with Crippen molar-refractivity contribution in [2.75, 3.05) is 7.11 Å². The summed E-state index contributed by atoms with van der Waals surface area (Å²) in [6.45, 7) is 0.436. The second kappa shape index (κ2) is 11.6. The Hall–Kier alpha value is -3.73. The fourth-order valence-electron chi connectivity index (χ4n) is 3.34. The molecular weight excluding hydrogens is 402 g/mol. The summed E-state index contributed by atoms with van der Waals surface area (Å²) in [7, 11) is 1.62. The van der Waals surface area contributed by atoms with Gasteiger partial charge in [-0.05, 0) is 48.2 Å². The van der Waals surface area contributed by atoms with Crippen molar-refractivity contribution in [2.45, 2.75) is 32.2 Å². The highest BCUT2D eigenvalue weighted by atomic mass is 16.5. The molecule has 0 saturated heterocycles. The van der Waals surface area contributed by atoms with Crippen molar-refractivity contribution < 1.29 is 19.1 Å². The van der Waals surface area contributed by atoms with E-state index in [1.807, 2.05) is 54.6 Å². The number of methoxy groups -OCH3 is 1. The van der Waals surface area contributed by atoms with Crippen LogP contribution in [0, 0.1) is 0 Å². The Morgan fingerprint density at radius 2 is 1.44 bits per heavy atom. The molecule has 32 heavy (non-hydrogen) atoms. The van der Waals surface area contributed by atoms with Crippen LogP contribution in [0.3, 0.4) is 0 Å². The van der Waals surface area contributed by atoms with Gasteiger partial charge in [0.15, 0.2) is 5.78 Å². The molecule has 3 aromatic carbocycles. The van der Waals surface area contributed by atoms with Gasteiger partial charge in [-0.25, -0.2) is 0 Å². The monoisotopic (exact) mass is 429 g/mol. The number of amides is 1. The molecule has 0 saturated carbocycles. The van der Waals surface area contributed by atoms with Gasteiger partial charge in [-0.1, -0.05) is 54.6 Å². The third-order valence-electron chi connectivity index (χ3n) is 5.20. The number of hydrogen-bond acceptors (Lipinski definition) is 4. The zero-order valence-corrected chi connectivity index (χ0v) is 18.2. The van der Waals surface area contributed by atoms with Crippen molar-refractivity contribution in [3.8, 4) is 5.75 Å². The van der Waals surface area contributed by atoms with Crippen molar-refractivity contribution in [2.24, 2.45) is 0 Å². The standard InChI is InChI=1S/C27H27NO4/c1-32-25-16-10-20(11-17-25)8-5-9-24(29)18-26(30)22-12-14-23(15-13-22)27(31)28-19-21-6-3-2-4-7-21/h2-4,6-7,10-17H,5,8-9,18-19H2,1H3,(H,28,31). The first-order chi connectivity index (χ1) is 15.5. The van der Waals surface area contributed by atoms with Gasteiger partial charge in [0.25, 0.3) is 5.91 Å². The molecule has 0 unspecified atom stereocenters. The largest absolute Gasteiger partial charge is 0.497 e. The van der Waals surface area contributed by atoms with Gasteiger partial charge in [0.05, 0.1) is 13.5 Å². The van der Waals surface area contributed by atoms with Crippen LogP contribution in [0.4, 0.5) is 0 Å². The molecule has 0 aliphatic carbocycles. The van der Waals surface area contributed by atoms with Crippen molar-refractivity contribution in [1.29, 1.82) is 0 Å². The normalized spacial score (nSPS) is 10.4. The summed E-state index contributed by atoms with van der Waals surface area (Å²) in [6.07, 6.45) is 1.70. The van der Waals surface area contributed by atoms with E-state index in [1.165, 1.54) is 0 Å². The Morgan fingerprint density at radius 3 is 2.09 bits per heavy atom. The zero-order valence-electron chi connectivity index (χ0n) is 18.2. The first-order valence-electron chi connectivity index (χ1n) is 10.6. The first-order valence-corrected chi connectivity index (χ1v) is 10.6. The highest BCUT2D eigenvalue weighted by molar-refractivity contribution is 6.08. The number of rotatable bonds is 11. The predicted octanol–water partition coefficient (Wildman–Crippen LogP) is 4.79. The van der Waals surface area contributed by atoms with Crippen molar-refractivity contribution in [3.05, 3.63) is 101 Å². The van der Waals surface area contributed by atoms with E-state index in [1.54, 1.807) is 31.4 Å². The first kappa shape index (κ1) is 22.9. The van der Waals surface area contributed by atoms with E-state index >= 15 is 0 Å². The van der Waals surface area contributed by atoms with Gasteiger partial charge in [0, 0.05) is 24.1 Å². The lowest BCUT2D eigenvalue weighted by molar-refractivity contribution is -0.118. The number of carbonyl (C=O) groups is 3. The molecule has 5 heteroatoms. The molecule has 0 fully saturated rings. The second-order valence-corrected chi connectivity index (χ2v) is 7.59. The maximum absolute atomic E-state index is 12.4. The van der Waals surface area contributed by atoms with Gasteiger partial charge in [0.2, 0.25) is 0 Å². The van der Waals surface area contributed by atoms with Crippen LogP contribution < -0.4 is 10.1 Å². The van der Waals surface area contributed by atoms with Crippen molar-refractivity contribution >= 4 is 17.5 Å². The second-order valence-electron chi connectivity index (χ2n) is 7.59. The van der Waals surface area contributed by atoms with Gasteiger partial charge >= 0.3 is 0 Å². The smallest absolute Gasteiger partial charge is 0.251 e. The minimum absolute atomic E-state index is 0.0757. The average Bonchev–Trinajstić information content (AvgIpc) is 2.83. The fourth-order valence-corrected chi connectivity index (χ4v) is 3.34. The Balaban J connectivity index is 1.43. The molecule has 0 aliphatic heterocycles. The molecule has 0 heterocycles. The Bertz CT molecular complexity index is 1040. The Kier molecular flexibility index (Phi) is 8.32. The van der Waals surface area contributed by atoms with Crippen LogP contribution in [0.15, 0.2) is 78.9 Å². The number of hydrogen-bond donors (Lipinski definition) is 1. The fraction of sp³-hybridized carbons (Fsp3) is 0.222. The van der Waals surface area contributed by atoms with Gasteiger partial charge in [-0.3, -0.25) is 14.4 Å². The van der Waals surface area contributed by atoms with Crippen molar-refractivity contribution in [1.82, 2.24) is 5.32 Å². The van der Waals surface area contributed by atoms with Crippen LogP contribution in [0.25, 0.3) is 0 Å². The lowest BCUT2D eigenvalue weighted by atomic mass is 10.0. The van der Waals surface area contributed by atoms with E-state index in [2.05, 4.69) is 5.32 Å². The molecule has 0 bridgehead atoms. The summed E-state index contributed by atoms with van der Waals surface area (Å²) >= 11 is 0. The van der Waals surface area contributed by atoms with E-state index < -0.39 is 0 Å². The molecule has 0 aliphatic rings. The molecule has 3 rings (SSSR count). The number of Topliss-reactive ketones (excluding diaryl/α,β-unsaturated/α-hetero) is 2. The van der Waals surface area contributed by atoms with E-state index in [0.29, 0.717) is 30.5 Å². The molecule has 5 nitrogen and oxygen atoms in total. The number of nitrogens with one attached hydrogen (secondary N) is 1. The van der Waals surface area contributed by atoms with Crippen molar-refractivity contribution in [3.63, 3.8) is 0 Å². The highest BCUT2D eigenvalue weighted by Crippen LogP contribution is 2.14. The summed E-state index contributed by atoms with van der Waals surface area (Å²) in [4.78, 5) is 36.9. The quantitative estimate of drug-likeness (QED) is 0.351. The summed E-state index contributed by atoms with van der Waals surface area (Å²) in [5.74, 6) is 0.293. The zero-order chi connectivity index (χ0) is 22.8. The van der Waals surface area contributed by atoms with E-state index in [-0.39, 0.29) is 23.9 Å². The summed E-state index contributed by atoms with van der Waals surface area (Å²) in [5, 5.41) is 2.85. The maximum Gasteiger partial charge on any atom is 0.251 e. The number of aryl methyl sites for hydroxylation is 1. The third-order valence-corrected chi connectivity index (χ3v) is 5.20.